The largest absolute Gasteiger partial charge is 0.383 e. The lowest BCUT2D eigenvalue weighted by Gasteiger charge is -2.14. The van der Waals surface area contributed by atoms with Crippen LogP contribution in [-0.2, 0) is 0 Å². The minimum absolute atomic E-state index is 0.506. The zero-order valence-corrected chi connectivity index (χ0v) is 10.6. The molecule has 1 nitrogen and oxygen atoms in total. The molecule has 1 N–H and O–H groups in total. The summed E-state index contributed by atoms with van der Waals surface area (Å²) < 4.78 is 1.27. The average Bonchev–Trinajstić information content (AvgIpc) is 2.15. The number of rotatable bonds is 5. The van der Waals surface area contributed by atoms with Gasteiger partial charge in [0, 0.05) is 15.3 Å². The highest BCUT2D eigenvalue weighted by molar-refractivity contribution is 14.1. The Morgan fingerprint density at radius 1 is 1.57 bits per heavy atom. The van der Waals surface area contributed by atoms with E-state index in [1.165, 1.54) is 9.26 Å². The lowest BCUT2D eigenvalue weighted by Crippen LogP contribution is -2.14. The second kappa shape index (κ2) is 6.06. The summed E-state index contributed by atoms with van der Waals surface area (Å²) in [6.45, 7) is 5.92. The van der Waals surface area contributed by atoms with Crippen LogP contribution in [0.5, 0.6) is 0 Å². The summed E-state index contributed by atoms with van der Waals surface area (Å²) in [5.41, 5.74) is 1.20. The maximum atomic E-state index is 3.72. The van der Waals surface area contributed by atoms with E-state index in [1.807, 2.05) is 6.08 Å². The first kappa shape index (κ1) is 11.6. The first-order valence-electron chi connectivity index (χ1n) is 4.85. The van der Waals surface area contributed by atoms with E-state index in [4.69, 9.17) is 0 Å². The van der Waals surface area contributed by atoms with Crippen molar-refractivity contribution >= 4 is 28.3 Å². The van der Waals surface area contributed by atoms with Crippen LogP contribution in [0.1, 0.15) is 19.8 Å². The summed E-state index contributed by atoms with van der Waals surface area (Å²) in [7, 11) is 0. The van der Waals surface area contributed by atoms with E-state index in [0.29, 0.717) is 6.04 Å². The summed E-state index contributed by atoms with van der Waals surface area (Å²) in [6, 6.07) is 8.94. The fourth-order valence-corrected chi connectivity index (χ4v) is 1.85. The first-order chi connectivity index (χ1) is 6.72. The SMILES string of the molecule is C=CCCC(C)Nc1cccc(I)c1. The van der Waals surface area contributed by atoms with Gasteiger partial charge in [0.05, 0.1) is 0 Å². The maximum Gasteiger partial charge on any atom is 0.0352 e. The molecule has 0 aliphatic carbocycles. The molecule has 0 spiro atoms. The molecule has 0 radical (unpaired) electrons. The van der Waals surface area contributed by atoms with Crippen molar-refractivity contribution in [1.82, 2.24) is 0 Å². The van der Waals surface area contributed by atoms with E-state index < -0.39 is 0 Å². The molecule has 14 heavy (non-hydrogen) atoms. The van der Waals surface area contributed by atoms with Crippen molar-refractivity contribution in [2.24, 2.45) is 0 Å². The molecule has 0 fully saturated rings. The molecular formula is C12H16IN. The van der Waals surface area contributed by atoms with Crippen LogP contribution < -0.4 is 5.32 Å². The van der Waals surface area contributed by atoms with Crippen LogP contribution in [0, 0.1) is 3.57 Å². The molecule has 0 saturated heterocycles. The number of benzene rings is 1. The Kier molecular flexibility index (Phi) is 5.01. The van der Waals surface area contributed by atoms with Crippen LogP contribution in [0.25, 0.3) is 0 Å². The molecule has 0 bridgehead atoms. The third-order valence-electron chi connectivity index (χ3n) is 2.04. The highest BCUT2D eigenvalue weighted by atomic mass is 127. The van der Waals surface area contributed by atoms with Gasteiger partial charge in [-0.2, -0.15) is 0 Å². The van der Waals surface area contributed by atoms with Gasteiger partial charge in [-0.05, 0) is 60.6 Å². The molecule has 0 aliphatic heterocycles. The second-order valence-corrected chi connectivity index (χ2v) is 4.67. The Morgan fingerprint density at radius 3 is 3.00 bits per heavy atom. The Balaban J connectivity index is 2.47. The smallest absolute Gasteiger partial charge is 0.0352 e. The van der Waals surface area contributed by atoms with E-state index >= 15 is 0 Å². The molecule has 1 aromatic rings. The fraction of sp³-hybridized carbons (Fsp3) is 0.333. The topological polar surface area (TPSA) is 12.0 Å². The van der Waals surface area contributed by atoms with Crippen LogP contribution in [0.3, 0.4) is 0 Å². The number of hydrogen-bond acceptors (Lipinski definition) is 1. The van der Waals surface area contributed by atoms with E-state index in [0.717, 1.165) is 12.8 Å². The molecule has 0 amide bonds. The lowest BCUT2D eigenvalue weighted by molar-refractivity contribution is 0.719. The van der Waals surface area contributed by atoms with Gasteiger partial charge in [0.25, 0.3) is 0 Å². The molecular weight excluding hydrogens is 285 g/mol. The van der Waals surface area contributed by atoms with Gasteiger partial charge in [-0.3, -0.25) is 0 Å². The van der Waals surface area contributed by atoms with Gasteiger partial charge in [0.2, 0.25) is 0 Å². The molecule has 0 aliphatic rings. The van der Waals surface area contributed by atoms with Crippen molar-refractivity contribution in [2.45, 2.75) is 25.8 Å². The van der Waals surface area contributed by atoms with E-state index in [9.17, 15) is 0 Å². The number of anilines is 1. The summed E-state index contributed by atoms with van der Waals surface area (Å²) in [6.07, 6.45) is 4.17. The Morgan fingerprint density at radius 2 is 2.36 bits per heavy atom. The van der Waals surface area contributed by atoms with Gasteiger partial charge in [-0.25, -0.2) is 0 Å². The fourth-order valence-electron chi connectivity index (χ4n) is 1.30. The number of hydrogen-bond donors (Lipinski definition) is 1. The van der Waals surface area contributed by atoms with Gasteiger partial charge in [-0.15, -0.1) is 6.58 Å². The molecule has 1 rings (SSSR count). The number of halogens is 1. The summed E-state index contributed by atoms with van der Waals surface area (Å²) in [5.74, 6) is 0. The lowest BCUT2D eigenvalue weighted by atomic mass is 10.1. The molecule has 1 aromatic carbocycles. The van der Waals surface area contributed by atoms with Crippen molar-refractivity contribution < 1.29 is 0 Å². The van der Waals surface area contributed by atoms with Crippen molar-refractivity contribution in [3.63, 3.8) is 0 Å². The maximum absolute atomic E-state index is 3.72. The quantitative estimate of drug-likeness (QED) is 0.639. The van der Waals surface area contributed by atoms with Crippen molar-refractivity contribution in [3.8, 4) is 0 Å². The zero-order chi connectivity index (χ0) is 10.4. The third-order valence-corrected chi connectivity index (χ3v) is 2.71. The molecule has 76 valence electrons. The predicted molar refractivity (Wildman–Crippen MR) is 71.7 cm³/mol. The highest BCUT2D eigenvalue weighted by Gasteiger charge is 2.00. The molecule has 1 unspecified atom stereocenters. The van der Waals surface area contributed by atoms with Crippen molar-refractivity contribution in [3.05, 3.63) is 40.5 Å². The number of nitrogens with one attached hydrogen (secondary N) is 1. The normalized spacial score (nSPS) is 12.1. The minimum atomic E-state index is 0.506. The van der Waals surface area contributed by atoms with Crippen LogP contribution >= 0.6 is 22.6 Å². The summed E-state index contributed by atoms with van der Waals surface area (Å²) >= 11 is 2.32. The zero-order valence-electron chi connectivity index (χ0n) is 8.46. The van der Waals surface area contributed by atoms with Gasteiger partial charge in [0.15, 0.2) is 0 Å². The number of allylic oxidation sites excluding steroid dienone is 1. The van der Waals surface area contributed by atoms with Gasteiger partial charge in [-0.1, -0.05) is 12.1 Å². The Labute approximate surface area is 99.7 Å². The molecule has 2 heteroatoms. The van der Waals surface area contributed by atoms with Crippen LogP contribution in [-0.4, -0.2) is 6.04 Å². The van der Waals surface area contributed by atoms with Crippen LogP contribution in [0.15, 0.2) is 36.9 Å². The highest BCUT2D eigenvalue weighted by Crippen LogP contribution is 2.14. The monoisotopic (exact) mass is 301 g/mol. The Hall–Kier alpha value is -0.510. The van der Waals surface area contributed by atoms with Crippen LogP contribution in [0.2, 0.25) is 0 Å². The third kappa shape index (κ3) is 4.13. The van der Waals surface area contributed by atoms with E-state index in [1.54, 1.807) is 0 Å². The molecule has 0 heterocycles. The summed E-state index contributed by atoms with van der Waals surface area (Å²) in [4.78, 5) is 0. The van der Waals surface area contributed by atoms with E-state index in [-0.39, 0.29) is 0 Å². The molecule has 0 saturated carbocycles. The van der Waals surface area contributed by atoms with Gasteiger partial charge < -0.3 is 5.32 Å². The summed E-state index contributed by atoms with van der Waals surface area (Å²) in [5, 5.41) is 3.46. The standard InChI is InChI=1S/C12H16IN/c1-3-4-6-10(2)14-12-8-5-7-11(13)9-12/h3,5,7-10,14H,1,4,6H2,2H3. The molecule has 0 aromatic heterocycles. The predicted octanol–water partition coefficient (Wildman–Crippen LogP) is 4.06. The van der Waals surface area contributed by atoms with Gasteiger partial charge >= 0.3 is 0 Å². The van der Waals surface area contributed by atoms with E-state index in [2.05, 4.69) is 65.7 Å². The van der Waals surface area contributed by atoms with Crippen molar-refractivity contribution in [2.75, 3.05) is 5.32 Å². The first-order valence-corrected chi connectivity index (χ1v) is 5.93. The molecule has 1 atom stereocenters. The van der Waals surface area contributed by atoms with Gasteiger partial charge in [0.1, 0.15) is 0 Å². The average molecular weight is 301 g/mol. The minimum Gasteiger partial charge on any atom is -0.383 e. The van der Waals surface area contributed by atoms with Crippen molar-refractivity contribution in [1.29, 1.82) is 0 Å². The second-order valence-electron chi connectivity index (χ2n) is 3.42. The Bertz CT molecular complexity index is 296. The van der Waals surface area contributed by atoms with Crippen LogP contribution in [0.4, 0.5) is 5.69 Å².